The molecule has 1 aliphatic carbocycles. The number of pyridine rings is 1. The molecule has 1 heterocycles. The highest BCUT2D eigenvalue weighted by Crippen LogP contribution is 2.34. The summed E-state index contributed by atoms with van der Waals surface area (Å²) in [5, 5.41) is 2.03. The number of aryl methyl sites for hydroxylation is 3. The third kappa shape index (κ3) is 1.73. The first-order valence-electron chi connectivity index (χ1n) is 6.81. The maximum Gasteiger partial charge on any atom is 0.0755 e. The van der Waals surface area contributed by atoms with Crippen molar-refractivity contribution in [1.29, 1.82) is 0 Å². The summed E-state index contributed by atoms with van der Waals surface area (Å²) in [5.41, 5.74) is 6.35. The van der Waals surface area contributed by atoms with Crippen LogP contribution in [-0.4, -0.2) is 4.98 Å². The summed E-state index contributed by atoms with van der Waals surface area (Å²) in [5.74, 6) is 0. The van der Waals surface area contributed by atoms with Gasteiger partial charge in [0.15, 0.2) is 0 Å². The molecule has 1 aliphatic rings. The molecule has 0 bridgehead atoms. The van der Waals surface area contributed by atoms with Crippen LogP contribution in [0, 0.1) is 6.92 Å². The molecule has 0 spiro atoms. The largest absolute Gasteiger partial charge is 0.252 e. The van der Waals surface area contributed by atoms with Crippen molar-refractivity contribution in [1.82, 2.24) is 4.98 Å². The Morgan fingerprint density at radius 2 is 2.00 bits per heavy atom. The van der Waals surface area contributed by atoms with E-state index in [2.05, 4.69) is 26.0 Å². The van der Waals surface area contributed by atoms with Crippen molar-refractivity contribution in [2.45, 2.75) is 46.0 Å². The van der Waals surface area contributed by atoms with Crippen LogP contribution in [0.15, 0.2) is 12.1 Å². The fourth-order valence-electron chi connectivity index (χ4n) is 3.01. The second kappa shape index (κ2) is 4.55. The Bertz CT molecular complexity index is 616. The summed E-state index contributed by atoms with van der Waals surface area (Å²) in [6, 6.07) is 4.40. The number of benzene rings is 1. The van der Waals surface area contributed by atoms with Gasteiger partial charge < -0.3 is 0 Å². The van der Waals surface area contributed by atoms with Crippen molar-refractivity contribution in [3.63, 3.8) is 0 Å². The van der Waals surface area contributed by atoms with E-state index in [4.69, 9.17) is 16.6 Å². The van der Waals surface area contributed by atoms with Crippen molar-refractivity contribution in [2.24, 2.45) is 0 Å². The fraction of sp³-hybridized carbons (Fsp3) is 0.438. The van der Waals surface area contributed by atoms with Crippen LogP contribution < -0.4 is 0 Å². The van der Waals surface area contributed by atoms with Crippen LogP contribution in [-0.2, 0) is 19.3 Å². The second-order valence-electron chi connectivity index (χ2n) is 5.16. The van der Waals surface area contributed by atoms with E-state index in [-0.39, 0.29) is 0 Å². The van der Waals surface area contributed by atoms with Gasteiger partial charge in [-0.3, -0.25) is 4.98 Å². The Hall–Kier alpha value is -1.08. The Kier molecular flexibility index (Phi) is 3.03. The highest BCUT2D eigenvalue weighted by molar-refractivity contribution is 6.36. The third-order valence-corrected chi connectivity index (χ3v) is 4.57. The Balaban J connectivity index is 2.37. The number of aromatic nitrogens is 1. The minimum atomic E-state index is 0.894. The van der Waals surface area contributed by atoms with E-state index in [1.165, 1.54) is 30.4 Å². The van der Waals surface area contributed by atoms with Crippen molar-refractivity contribution in [3.05, 3.63) is 39.5 Å². The number of nitrogens with zero attached hydrogens (tertiary/aromatic N) is 1. The lowest BCUT2D eigenvalue weighted by Crippen LogP contribution is -2.06. The first-order chi connectivity index (χ1) is 8.72. The summed E-state index contributed by atoms with van der Waals surface area (Å²) in [4.78, 5) is 4.88. The highest BCUT2D eigenvalue weighted by Gasteiger charge is 2.17. The van der Waals surface area contributed by atoms with Crippen molar-refractivity contribution in [2.75, 3.05) is 0 Å². The van der Waals surface area contributed by atoms with Gasteiger partial charge >= 0.3 is 0 Å². The molecule has 0 atom stereocenters. The van der Waals surface area contributed by atoms with Crippen LogP contribution in [0.3, 0.4) is 0 Å². The predicted molar refractivity (Wildman–Crippen MR) is 77.5 cm³/mol. The first-order valence-corrected chi connectivity index (χ1v) is 7.19. The standard InChI is InChI=1S/C16H18ClN/c1-3-14-10(2)15(17)13-9-8-11-6-4-5-7-12(11)16(13)18-14/h8-9H,3-7H2,1-2H3. The van der Waals surface area contributed by atoms with E-state index in [9.17, 15) is 0 Å². The molecule has 2 heteroatoms. The number of halogens is 1. The molecule has 1 aromatic heterocycles. The van der Waals surface area contributed by atoms with Crippen LogP contribution >= 0.6 is 11.6 Å². The zero-order valence-corrected chi connectivity index (χ0v) is 11.8. The minimum Gasteiger partial charge on any atom is -0.252 e. The molecule has 0 fully saturated rings. The molecule has 0 aliphatic heterocycles. The highest BCUT2D eigenvalue weighted by atomic mass is 35.5. The van der Waals surface area contributed by atoms with Gasteiger partial charge in [0.25, 0.3) is 0 Å². The van der Waals surface area contributed by atoms with Gasteiger partial charge in [0.05, 0.1) is 10.5 Å². The summed E-state index contributed by atoms with van der Waals surface area (Å²) >= 11 is 6.51. The van der Waals surface area contributed by atoms with Gasteiger partial charge in [-0.2, -0.15) is 0 Å². The van der Waals surface area contributed by atoms with Crippen molar-refractivity contribution >= 4 is 22.5 Å². The van der Waals surface area contributed by atoms with Gasteiger partial charge in [-0.1, -0.05) is 30.7 Å². The lowest BCUT2D eigenvalue weighted by atomic mass is 9.89. The Morgan fingerprint density at radius 1 is 1.22 bits per heavy atom. The second-order valence-corrected chi connectivity index (χ2v) is 5.54. The molecule has 0 saturated carbocycles. The SMILES string of the molecule is CCc1nc2c3c(ccc2c(Cl)c1C)CCCC3. The van der Waals surface area contributed by atoms with Crippen LogP contribution in [0.4, 0.5) is 0 Å². The van der Waals surface area contributed by atoms with E-state index in [1.807, 2.05) is 0 Å². The van der Waals surface area contributed by atoms with E-state index in [0.29, 0.717) is 0 Å². The van der Waals surface area contributed by atoms with Gasteiger partial charge in [-0.25, -0.2) is 0 Å². The molecule has 0 amide bonds. The summed E-state index contributed by atoms with van der Waals surface area (Å²) in [6.45, 7) is 4.22. The molecule has 0 saturated heterocycles. The number of hydrogen-bond acceptors (Lipinski definition) is 1. The lowest BCUT2D eigenvalue weighted by Gasteiger charge is -2.19. The van der Waals surface area contributed by atoms with E-state index in [0.717, 1.165) is 40.0 Å². The summed E-state index contributed by atoms with van der Waals surface area (Å²) in [7, 11) is 0. The lowest BCUT2D eigenvalue weighted by molar-refractivity contribution is 0.688. The smallest absolute Gasteiger partial charge is 0.0755 e. The molecule has 94 valence electrons. The monoisotopic (exact) mass is 259 g/mol. The number of hydrogen-bond donors (Lipinski definition) is 0. The van der Waals surface area contributed by atoms with Gasteiger partial charge in [0, 0.05) is 11.1 Å². The third-order valence-electron chi connectivity index (χ3n) is 4.08. The first kappa shape index (κ1) is 12.0. The van der Waals surface area contributed by atoms with Crippen LogP contribution in [0.5, 0.6) is 0 Å². The zero-order chi connectivity index (χ0) is 12.7. The van der Waals surface area contributed by atoms with E-state index >= 15 is 0 Å². The Morgan fingerprint density at radius 3 is 2.78 bits per heavy atom. The minimum absolute atomic E-state index is 0.894. The van der Waals surface area contributed by atoms with Crippen molar-refractivity contribution < 1.29 is 0 Å². The molecule has 0 N–H and O–H groups in total. The molecule has 1 aromatic carbocycles. The van der Waals surface area contributed by atoms with Crippen LogP contribution in [0.1, 0.15) is 42.1 Å². The maximum absolute atomic E-state index is 6.51. The molecule has 2 aromatic rings. The van der Waals surface area contributed by atoms with Crippen molar-refractivity contribution in [3.8, 4) is 0 Å². The quantitative estimate of drug-likeness (QED) is 0.727. The fourth-order valence-corrected chi connectivity index (χ4v) is 3.27. The Labute approximate surface area is 113 Å². The van der Waals surface area contributed by atoms with E-state index in [1.54, 1.807) is 0 Å². The molecule has 3 rings (SSSR count). The number of fused-ring (bicyclic) bond motifs is 3. The zero-order valence-electron chi connectivity index (χ0n) is 11.0. The topological polar surface area (TPSA) is 12.9 Å². The normalized spacial score (nSPS) is 14.8. The predicted octanol–water partition coefficient (Wildman–Crippen LogP) is 4.64. The summed E-state index contributed by atoms with van der Waals surface area (Å²) < 4.78 is 0. The molecule has 0 unspecified atom stereocenters. The van der Waals surface area contributed by atoms with Crippen LogP contribution in [0.2, 0.25) is 5.02 Å². The van der Waals surface area contributed by atoms with Crippen LogP contribution in [0.25, 0.3) is 10.9 Å². The summed E-state index contributed by atoms with van der Waals surface area (Å²) in [6.07, 6.45) is 5.88. The molecule has 18 heavy (non-hydrogen) atoms. The van der Waals surface area contributed by atoms with Gasteiger partial charge in [0.1, 0.15) is 0 Å². The molecular weight excluding hydrogens is 242 g/mol. The van der Waals surface area contributed by atoms with Gasteiger partial charge in [-0.15, -0.1) is 0 Å². The molecular formula is C16H18ClN. The molecule has 0 radical (unpaired) electrons. The average molecular weight is 260 g/mol. The molecule has 1 nitrogen and oxygen atoms in total. The maximum atomic E-state index is 6.51. The van der Waals surface area contributed by atoms with Gasteiger partial charge in [0.2, 0.25) is 0 Å². The number of rotatable bonds is 1. The average Bonchev–Trinajstić information content (AvgIpc) is 2.42. The van der Waals surface area contributed by atoms with E-state index < -0.39 is 0 Å². The van der Waals surface area contributed by atoms with Gasteiger partial charge in [-0.05, 0) is 55.7 Å².